The number of hydrogen-bond acceptors (Lipinski definition) is 0. The number of benzene rings is 6. The Hall–Kier alpha value is -3.81. The minimum Gasteiger partial charge on any atom is -0.192 e. The van der Waals surface area contributed by atoms with Crippen LogP contribution in [0.3, 0.4) is 0 Å². The van der Waals surface area contributed by atoms with Gasteiger partial charge in [-0.05, 0) is 114 Å². The molecule has 200 valence electrons. The summed E-state index contributed by atoms with van der Waals surface area (Å²) in [6.45, 7) is 9.67. The van der Waals surface area contributed by atoms with Crippen molar-refractivity contribution < 1.29 is 0 Å². The summed E-state index contributed by atoms with van der Waals surface area (Å²) in [7, 11) is -1.19. The molecule has 6 aromatic rings. The van der Waals surface area contributed by atoms with Gasteiger partial charge < -0.3 is 0 Å². The lowest BCUT2D eigenvalue weighted by molar-refractivity contribution is 0.659. The summed E-state index contributed by atoms with van der Waals surface area (Å²) in [6.07, 6.45) is 5.04. The molecule has 0 spiro atoms. The summed E-state index contributed by atoms with van der Waals surface area (Å²) in [5, 5.41) is 5.42. The van der Waals surface area contributed by atoms with Gasteiger partial charge in [0.25, 0.3) is 0 Å². The summed E-state index contributed by atoms with van der Waals surface area (Å²) in [4.78, 5) is 3.09. The molecule has 2 aliphatic carbocycles. The maximum absolute atomic E-state index is 2.60. The van der Waals surface area contributed by atoms with E-state index in [-0.39, 0.29) is 10.8 Å². The quantitative estimate of drug-likeness (QED) is 0.178. The Bertz CT molecular complexity index is 2020. The molecular weight excluding hydrogens is 513 g/mol. The van der Waals surface area contributed by atoms with Gasteiger partial charge in [0.05, 0.1) is 0 Å². The van der Waals surface area contributed by atoms with Crippen molar-refractivity contribution in [3.8, 4) is 33.4 Å². The van der Waals surface area contributed by atoms with E-state index in [2.05, 4.69) is 137 Å². The van der Waals surface area contributed by atoms with Gasteiger partial charge in [0.2, 0.25) is 0 Å². The monoisotopic (exact) mass is 546 g/mol. The van der Waals surface area contributed by atoms with Crippen molar-refractivity contribution in [3.63, 3.8) is 0 Å². The third-order valence-corrected chi connectivity index (χ3v) is 13.6. The molecule has 0 bridgehead atoms. The zero-order valence-corrected chi connectivity index (χ0v) is 25.5. The van der Waals surface area contributed by atoms with Crippen LogP contribution in [0, 0.1) is 0 Å². The predicted molar refractivity (Wildman–Crippen MR) is 178 cm³/mol. The molecule has 0 atom stereocenters. The molecule has 0 unspecified atom stereocenters. The molecule has 1 heteroatoms. The Morgan fingerprint density at radius 2 is 0.854 bits per heavy atom. The molecule has 0 radical (unpaired) electrons. The molecule has 0 saturated heterocycles. The van der Waals surface area contributed by atoms with Gasteiger partial charge >= 0.3 is 0 Å². The third kappa shape index (κ3) is 2.74. The Morgan fingerprint density at radius 1 is 0.439 bits per heavy atom. The Balaban J connectivity index is 1.33. The van der Waals surface area contributed by atoms with Crippen molar-refractivity contribution >= 4 is 31.6 Å². The second kappa shape index (κ2) is 7.33. The van der Waals surface area contributed by atoms with Gasteiger partial charge in [0.15, 0.2) is 0 Å². The SMILES string of the molecule is CC1(C)c2cc3c(cc2-c2c1ccc1ccccc21)S(C)(C)c1cc2c(cc1-3)C(C)(C)c1ccc3ccccc3c1-2. The molecule has 0 N–H and O–H groups in total. The van der Waals surface area contributed by atoms with E-state index < -0.39 is 10.0 Å². The van der Waals surface area contributed by atoms with Crippen molar-refractivity contribution in [2.45, 2.75) is 48.3 Å². The zero-order chi connectivity index (χ0) is 28.1. The average molecular weight is 547 g/mol. The topological polar surface area (TPSA) is 0 Å². The lowest BCUT2D eigenvalue weighted by atomic mass is 9.80. The standard InChI is InChI=1S/C40H34S/c1-39(2)31-17-15-23-11-7-9-13-25(23)37(31)29-21-35-27(19-33(29)39)28-20-34-30(22-36(28)41(35,5)6)38-26-14-10-8-12-24(26)16-18-32(38)40(34,3)4/h7-22H,1-6H3. The molecular formula is C40H34S. The second-order valence-electron chi connectivity index (χ2n) is 13.8. The molecule has 1 heterocycles. The van der Waals surface area contributed by atoms with Crippen molar-refractivity contribution in [3.05, 3.63) is 119 Å². The molecule has 0 saturated carbocycles. The van der Waals surface area contributed by atoms with Crippen LogP contribution in [-0.4, -0.2) is 12.5 Å². The van der Waals surface area contributed by atoms with Gasteiger partial charge in [-0.15, -0.1) is 0 Å². The Morgan fingerprint density at radius 3 is 1.29 bits per heavy atom. The van der Waals surface area contributed by atoms with Crippen molar-refractivity contribution in [1.82, 2.24) is 0 Å². The molecule has 0 fully saturated rings. The number of rotatable bonds is 0. The largest absolute Gasteiger partial charge is 0.192 e. The molecule has 0 amide bonds. The van der Waals surface area contributed by atoms with E-state index in [0.29, 0.717) is 0 Å². The number of hydrogen-bond donors (Lipinski definition) is 0. The predicted octanol–water partition coefficient (Wildman–Crippen LogP) is 11.1. The van der Waals surface area contributed by atoms with Crippen molar-refractivity contribution in [2.75, 3.05) is 12.5 Å². The van der Waals surface area contributed by atoms with Crippen LogP contribution in [0.15, 0.2) is 107 Å². The smallest absolute Gasteiger partial charge is 0.0159 e. The first-order valence-corrected chi connectivity index (χ1v) is 17.2. The highest BCUT2D eigenvalue weighted by molar-refractivity contribution is 8.33. The summed E-state index contributed by atoms with van der Waals surface area (Å²) < 4.78 is 0. The van der Waals surface area contributed by atoms with Crippen LogP contribution in [0.25, 0.3) is 54.9 Å². The van der Waals surface area contributed by atoms with Crippen LogP contribution < -0.4 is 0 Å². The maximum atomic E-state index is 2.60. The summed E-state index contributed by atoms with van der Waals surface area (Å²) in [5.41, 5.74) is 14.5. The zero-order valence-electron chi connectivity index (χ0n) is 24.6. The molecule has 6 aromatic carbocycles. The molecule has 0 aromatic heterocycles. The Labute approximate surface area is 244 Å². The van der Waals surface area contributed by atoms with E-state index in [9.17, 15) is 0 Å². The molecule has 1 aliphatic heterocycles. The van der Waals surface area contributed by atoms with Gasteiger partial charge in [-0.2, -0.15) is 10.0 Å². The molecule has 3 aliphatic rings. The highest BCUT2D eigenvalue weighted by atomic mass is 32.3. The first-order chi connectivity index (χ1) is 19.6. The third-order valence-electron chi connectivity index (χ3n) is 10.7. The molecule has 0 nitrogen and oxygen atoms in total. The first-order valence-electron chi connectivity index (χ1n) is 14.8. The maximum Gasteiger partial charge on any atom is 0.0159 e. The van der Waals surface area contributed by atoms with Gasteiger partial charge in [-0.3, -0.25) is 0 Å². The van der Waals surface area contributed by atoms with Crippen LogP contribution in [0.4, 0.5) is 0 Å². The first kappa shape index (κ1) is 23.9. The fourth-order valence-electron chi connectivity index (χ4n) is 8.45. The van der Waals surface area contributed by atoms with E-state index in [1.165, 1.54) is 77.2 Å². The van der Waals surface area contributed by atoms with Gasteiger partial charge in [0.1, 0.15) is 0 Å². The van der Waals surface area contributed by atoms with Crippen LogP contribution in [0.5, 0.6) is 0 Å². The summed E-state index contributed by atoms with van der Waals surface area (Å²) in [5.74, 6) is 0. The van der Waals surface area contributed by atoms with Gasteiger partial charge in [-0.25, -0.2) is 0 Å². The highest BCUT2D eigenvalue weighted by Crippen LogP contribution is 2.71. The van der Waals surface area contributed by atoms with E-state index in [4.69, 9.17) is 0 Å². The van der Waals surface area contributed by atoms with Crippen molar-refractivity contribution in [1.29, 1.82) is 0 Å². The fraction of sp³-hybridized carbons (Fsp3) is 0.200. The number of fused-ring (bicyclic) bond motifs is 13. The normalized spacial score (nSPS) is 18.4. The van der Waals surface area contributed by atoms with E-state index >= 15 is 0 Å². The van der Waals surface area contributed by atoms with Crippen LogP contribution >= 0.6 is 10.0 Å². The minimum absolute atomic E-state index is 0.0306. The lowest BCUT2D eigenvalue weighted by Gasteiger charge is -2.29. The van der Waals surface area contributed by atoms with Crippen LogP contribution in [0.2, 0.25) is 0 Å². The highest BCUT2D eigenvalue weighted by Gasteiger charge is 2.43. The minimum atomic E-state index is -1.19. The van der Waals surface area contributed by atoms with Crippen LogP contribution in [0.1, 0.15) is 49.9 Å². The second-order valence-corrected chi connectivity index (χ2v) is 17.3. The van der Waals surface area contributed by atoms with E-state index in [1.54, 1.807) is 9.79 Å². The van der Waals surface area contributed by atoms with Crippen molar-refractivity contribution in [2.24, 2.45) is 0 Å². The molecule has 9 rings (SSSR count). The molecule has 41 heavy (non-hydrogen) atoms. The summed E-state index contributed by atoms with van der Waals surface area (Å²) in [6, 6.07) is 37.6. The fourth-order valence-corrected chi connectivity index (χ4v) is 10.9. The lowest BCUT2D eigenvalue weighted by Crippen LogP contribution is -2.15. The van der Waals surface area contributed by atoms with Crippen LogP contribution in [-0.2, 0) is 10.8 Å². The van der Waals surface area contributed by atoms with Gasteiger partial charge in [-0.1, -0.05) is 100 Å². The average Bonchev–Trinajstić information content (AvgIpc) is 3.44. The van der Waals surface area contributed by atoms with E-state index in [1.807, 2.05) is 0 Å². The Kier molecular flexibility index (Phi) is 4.26. The van der Waals surface area contributed by atoms with E-state index in [0.717, 1.165) is 0 Å². The summed E-state index contributed by atoms with van der Waals surface area (Å²) >= 11 is 0. The van der Waals surface area contributed by atoms with Gasteiger partial charge in [0, 0.05) is 20.6 Å².